The lowest BCUT2D eigenvalue weighted by molar-refractivity contribution is -0.122. The summed E-state index contributed by atoms with van der Waals surface area (Å²) in [7, 11) is 1.70. The molecule has 1 atom stereocenters. The van der Waals surface area contributed by atoms with E-state index in [9.17, 15) is 4.79 Å². The van der Waals surface area contributed by atoms with Gasteiger partial charge in [-0.2, -0.15) is 0 Å². The van der Waals surface area contributed by atoms with Gasteiger partial charge in [-0.25, -0.2) is 0 Å². The molecule has 4 nitrogen and oxygen atoms in total. The maximum Gasteiger partial charge on any atom is 0.221 e. The van der Waals surface area contributed by atoms with Crippen molar-refractivity contribution in [1.82, 2.24) is 10.2 Å². The lowest BCUT2D eigenvalue weighted by Gasteiger charge is -2.32. The van der Waals surface area contributed by atoms with E-state index in [1.54, 1.807) is 7.11 Å². The smallest absolute Gasteiger partial charge is 0.221 e. The molecule has 1 N–H and O–H groups in total. The van der Waals surface area contributed by atoms with Gasteiger partial charge in [0.15, 0.2) is 0 Å². The Labute approximate surface area is 175 Å². The second-order valence-corrected chi connectivity index (χ2v) is 8.12. The number of nitrogens with one attached hydrogen (secondary N) is 1. The van der Waals surface area contributed by atoms with Gasteiger partial charge in [-0.1, -0.05) is 42.5 Å². The van der Waals surface area contributed by atoms with Crippen LogP contribution in [0.4, 0.5) is 0 Å². The quantitative estimate of drug-likeness (QED) is 0.675. The van der Waals surface area contributed by atoms with Gasteiger partial charge in [-0.3, -0.25) is 4.79 Å². The van der Waals surface area contributed by atoms with Gasteiger partial charge in [0.2, 0.25) is 5.91 Å². The Morgan fingerprint density at radius 1 is 1.10 bits per heavy atom. The van der Waals surface area contributed by atoms with E-state index in [4.69, 9.17) is 4.74 Å². The van der Waals surface area contributed by atoms with E-state index < -0.39 is 0 Å². The zero-order chi connectivity index (χ0) is 20.5. The Balaban J connectivity index is 1.31. The van der Waals surface area contributed by atoms with Crippen molar-refractivity contribution in [3.05, 3.63) is 65.7 Å². The summed E-state index contributed by atoms with van der Waals surface area (Å²) in [5, 5.41) is 3.12. The zero-order valence-electron chi connectivity index (χ0n) is 17.8. The summed E-state index contributed by atoms with van der Waals surface area (Å²) in [6, 6.07) is 18.6. The van der Waals surface area contributed by atoms with Crippen LogP contribution >= 0.6 is 0 Å². The largest absolute Gasteiger partial charge is 0.497 e. The summed E-state index contributed by atoms with van der Waals surface area (Å²) in [6.07, 6.45) is 5.42. The first-order valence-corrected chi connectivity index (χ1v) is 10.8. The minimum Gasteiger partial charge on any atom is -0.497 e. The molecule has 2 aromatic rings. The molecule has 0 aliphatic carbocycles. The minimum absolute atomic E-state index is 0.0624. The maximum atomic E-state index is 12.3. The van der Waals surface area contributed by atoms with Crippen molar-refractivity contribution < 1.29 is 9.53 Å². The van der Waals surface area contributed by atoms with Gasteiger partial charge < -0.3 is 15.0 Å². The summed E-state index contributed by atoms with van der Waals surface area (Å²) in [5.74, 6) is 1.85. The van der Waals surface area contributed by atoms with Crippen molar-refractivity contribution in [3.8, 4) is 5.75 Å². The molecule has 1 saturated heterocycles. The van der Waals surface area contributed by atoms with E-state index in [0.717, 1.165) is 43.3 Å². The Kier molecular flexibility index (Phi) is 8.12. The van der Waals surface area contributed by atoms with Gasteiger partial charge >= 0.3 is 0 Å². The average molecular weight is 395 g/mol. The first-order valence-electron chi connectivity index (χ1n) is 10.8. The summed E-state index contributed by atoms with van der Waals surface area (Å²) in [5.41, 5.74) is 2.54. The van der Waals surface area contributed by atoms with Crippen LogP contribution in [0.25, 0.3) is 0 Å². The second kappa shape index (κ2) is 11.0. The summed E-state index contributed by atoms with van der Waals surface area (Å²) < 4.78 is 5.22. The van der Waals surface area contributed by atoms with Crippen molar-refractivity contribution >= 4 is 5.91 Å². The monoisotopic (exact) mass is 394 g/mol. The van der Waals surface area contributed by atoms with E-state index in [1.165, 1.54) is 24.8 Å². The van der Waals surface area contributed by atoms with Gasteiger partial charge in [0, 0.05) is 13.0 Å². The summed E-state index contributed by atoms with van der Waals surface area (Å²) >= 11 is 0. The molecule has 1 aliphatic heterocycles. The highest BCUT2D eigenvalue weighted by Crippen LogP contribution is 2.23. The molecule has 3 rings (SSSR count). The Bertz CT molecular complexity index is 737. The first-order chi connectivity index (χ1) is 14.1. The van der Waals surface area contributed by atoms with E-state index in [0.29, 0.717) is 6.42 Å². The van der Waals surface area contributed by atoms with Gasteiger partial charge in [-0.15, -0.1) is 0 Å². The lowest BCUT2D eigenvalue weighted by atomic mass is 9.90. The normalized spacial score (nSPS) is 16.3. The molecule has 1 unspecified atom stereocenters. The number of hydrogen-bond acceptors (Lipinski definition) is 3. The van der Waals surface area contributed by atoms with Crippen LogP contribution in [0.5, 0.6) is 5.75 Å². The third-order valence-corrected chi connectivity index (χ3v) is 6.04. The van der Waals surface area contributed by atoms with Crippen molar-refractivity contribution in [2.24, 2.45) is 5.92 Å². The van der Waals surface area contributed by atoms with Gasteiger partial charge in [0.05, 0.1) is 13.2 Å². The van der Waals surface area contributed by atoms with E-state index in [-0.39, 0.29) is 11.9 Å². The number of ether oxygens (including phenoxy) is 1. The van der Waals surface area contributed by atoms with E-state index in [1.807, 2.05) is 37.3 Å². The highest BCUT2D eigenvalue weighted by Gasteiger charge is 2.20. The van der Waals surface area contributed by atoms with Gasteiger partial charge in [0.25, 0.3) is 0 Å². The van der Waals surface area contributed by atoms with Crippen LogP contribution in [-0.4, -0.2) is 37.6 Å². The minimum atomic E-state index is 0.0624. The molecule has 1 amide bonds. The molecule has 0 saturated carbocycles. The van der Waals surface area contributed by atoms with Crippen LogP contribution in [0.1, 0.15) is 49.8 Å². The third-order valence-electron chi connectivity index (χ3n) is 6.04. The third kappa shape index (κ3) is 6.90. The van der Waals surface area contributed by atoms with Crippen LogP contribution < -0.4 is 10.1 Å². The molecular formula is C25H34N2O2. The molecule has 0 radical (unpaired) electrons. The highest BCUT2D eigenvalue weighted by atomic mass is 16.5. The number of benzene rings is 2. The highest BCUT2D eigenvalue weighted by molar-refractivity contribution is 5.76. The molecule has 4 heteroatoms. The summed E-state index contributed by atoms with van der Waals surface area (Å²) in [6.45, 7) is 5.11. The fourth-order valence-corrected chi connectivity index (χ4v) is 4.06. The van der Waals surface area contributed by atoms with E-state index >= 15 is 0 Å². The van der Waals surface area contributed by atoms with Crippen LogP contribution in [0, 0.1) is 5.92 Å². The molecule has 2 aromatic carbocycles. The first kappa shape index (κ1) is 21.4. The van der Waals surface area contributed by atoms with Crippen molar-refractivity contribution in [2.45, 2.75) is 45.1 Å². The predicted molar refractivity (Wildman–Crippen MR) is 118 cm³/mol. The van der Waals surface area contributed by atoms with Crippen molar-refractivity contribution in [1.29, 1.82) is 0 Å². The number of rotatable bonds is 9. The van der Waals surface area contributed by atoms with Crippen LogP contribution in [0.15, 0.2) is 54.6 Å². The maximum absolute atomic E-state index is 12.3. The molecule has 156 valence electrons. The number of likely N-dealkylation sites (tertiary alicyclic amines) is 1. The van der Waals surface area contributed by atoms with E-state index in [2.05, 4.69) is 34.5 Å². The number of nitrogens with zero attached hydrogens (tertiary/aromatic N) is 1. The summed E-state index contributed by atoms with van der Waals surface area (Å²) in [4.78, 5) is 14.7. The zero-order valence-corrected chi connectivity index (χ0v) is 17.8. The number of carbonyl (C=O) groups excluding carboxylic acids is 1. The molecular weight excluding hydrogens is 360 g/mol. The molecule has 0 spiro atoms. The Hall–Kier alpha value is -2.33. The molecule has 29 heavy (non-hydrogen) atoms. The number of piperidine rings is 1. The van der Waals surface area contributed by atoms with Crippen molar-refractivity contribution in [3.63, 3.8) is 0 Å². The number of hydrogen-bond donors (Lipinski definition) is 1. The van der Waals surface area contributed by atoms with Crippen LogP contribution in [0.2, 0.25) is 0 Å². The SMILES string of the molecule is COc1ccc(CCC2CCN(CCC(=O)NC(C)c3ccccc3)CC2)cc1. The average Bonchev–Trinajstić information content (AvgIpc) is 2.78. The number of amides is 1. The van der Waals surface area contributed by atoms with Gasteiger partial charge in [0.1, 0.15) is 5.75 Å². The van der Waals surface area contributed by atoms with Crippen molar-refractivity contribution in [2.75, 3.05) is 26.7 Å². The molecule has 0 aromatic heterocycles. The molecule has 1 fully saturated rings. The Morgan fingerprint density at radius 3 is 2.45 bits per heavy atom. The predicted octanol–water partition coefficient (Wildman–Crippen LogP) is 4.61. The fourth-order valence-electron chi connectivity index (χ4n) is 4.06. The number of methoxy groups -OCH3 is 1. The van der Waals surface area contributed by atoms with Crippen LogP contribution in [-0.2, 0) is 11.2 Å². The standard InChI is InChI=1S/C25H34N2O2/c1-20(23-6-4-3-5-7-23)26-25(28)16-19-27-17-14-22(15-18-27)9-8-21-10-12-24(29-2)13-11-21/h3-7,10-13,20,22H,8-9,14-19H2,1-2H3,(H,26,28). The van der Waals surface area contributed by atoms with Gasteiger partial charge in [-0.05, 0) is 74.9 Å². The Morgan fingerprint density at radius 2 is 1.79 bits per heavy atom. The second-order valence-electron chi connectivity index (χ2n) is 8.12. The molecule has 0 bridgehead atoms. The molecule has 1 heterocycles. The number of aryl methyl sites for hydroxylation is 1. The fraction of sp³-hybridized carbons (Fsp3) is 0.480. The lowest BCUT2D eigenvalue weighted by Crippen LogP contribution is -2.37. The molecule has 1 aliphatic rings. The van der Waals surface area contributed by atoms with Crippen LogP contribution in [0.3, 0.4) is 0 Å². The number of carbonyl (C=O) groups is 1. The topological polar surface area (TPSA) is 41.6 Å².